The molecule has 4 N–H and O–H groups in total. The number of anilines is 1. The molecule has 0 spiro atoms. The number of nitrogens with one attached hydrogen (secondary N) is 2. The zero-order valence-electron chi connectivity index (χ0n) is 19.4. The molecule has 1 aromatic carbocycles. The molecule has 1 amide bonds. The number of nitrogens with zero attached hydrogens (tertiary/aromatic N) is 3. The van der Waals surface area contributed by atoms with E-state index in [1.54, 1.807) is 41.0 Å². The monoisotopic (exact) mass is 450 g/mol. The van der Waals surface area contributed by atoms with Crippen molar-refractivity contribution in [2.24, 2.45) is 5.73 Å². The van der Waals surface area contributed by atoms with Crippen molar-refractivity contribution in [1.29, 1.82) is 5.26 Å². The van der Waals surface area contributed by atoms with Crippen LogP contribution in [0.15, 0.2) is 36.5 Å². The van der Waals surface area contributed by atoms with Crippen LogP contribution in [-0.2, 0) is 11.3 Å². The molecule has 9 heteroatoms. The normalized spacial score (nSPS) is 11.3. The Morgan fingerprint density at radius 2 is 2.00 bits per heavy atom. The number of ether oxygens (including phenoxy) is 1. The summed E-state index contributed by atoms with van der Waals surface area (Å²) in [5.74, 6) is 0.353. The standard InChI is InChI=1S/C24H30N6O3/c1-5-32-18-8-6-17(7-9-18)23(31)29-33-24(3,4)14-21-16(2)22(27-13-11-25)19(15-26)20-10-12-28-30(20)21/h6-10,12,27H,5,11,13-14,25H2,1-4H3,(H,29,31). The smallest absolute Gasteiger partial charge is 0.274 e. The summed E-state index contributed by atoms with van der Waals surface area (Å²) in [5.41, 5.74) is 11.6. The number of nitrogens with two attached hydrogens (primary N) is 1. The molecule has 0 fully saturated rings. The zero-order chi connectivity index (χ0) is 24.0. The lowest BCUT2D eigenvalue weighted by Gasteiger charge is -2.27. The molecule has 0 aliphatic carbocycles. The topological polar surface area (TPSA) is 127 Å². The van der Waals surface area contributed by atoms with Crippen LogP contribution in [0.5, 0.6) is 5.75 Å². The molecule has 2 aromatic heterocycles. The van der Waals surface area contributed by atoms with Crippen molar-refractivity contribution >= 4 is 17.1 Å². The van der Waals surface area contributed by atoms with Crippen LogP contribution in [0.25, 0.3) is 5.52 Å². The number of amides is 1. The number of benzene rings is 1. The minimum absolute atomic E-state index is 0.350. The molecule has 33 heavy (non-hydrogen) atoms. The van der Waals surface area contributed by atoms with E-state index in [1.807, 2.05) is 27.7 Å². The van der Waals surface area contributed by atoms with Gasteiger partial charge in [-0.1, -0.05) is 0 Å². The minimum atomic E-state index is -0.760. The van der Waals surface area contributed by atoms with Gasteiger partial charge in [-0.05, 0) is 63.6 Å². The lowest BCUT2D eigenvalue weighted by atomic mass is 9.97. The lowest BCUT2D eigenvalue weighted by molar-refractivity contribution is -0.0705. The van der Waals surface area contributed by atoms with Gasteiger partial charge in [-0.15, -0.1) is 0 Å². The van der Waals surface area contributed by atoms with E-state index in [2.05, 4.69) is 22.0 Å². The number of aromatic nitrogens is 2. The molecule has 0 saturated heterocycles. The first-order valence-electron chi connectivity index (χ1n) is 10.9. The highest BCUT2D eigenvalue weighted by Crippen LogP contribution is 2.30. The molecule has 0 unspecified atom stereocenters. The van der Waals surface area contributed by atoms with Gasteiger partial charge in [0, 0.05) is 25.1 Å². The van der Waals surface area contributed by atoms with Gasteiger partial charge in [0.15, 0.2) is 0 Å². The summed E-state index contributed by atoms with van der Waals surface area (Å²) in [6.07, 6.45) is 2.09. The second kappa shape index (κ2) is 10.3. The van der Waals surface area contributed by atoms with Crippen molar-refractivity contribution in [2.75, 3.05) is 25.0 Å². The first kappa shape index (κ1) is 24.0. The highest BCUT2D eigenvalue weighted by molar-refractivity contribution is 5.93. The fourth-order valence-electron chi connectivity index (χ4n) is 3.62. The van der Waals surface area contributed by atoms with Crippen molar-refractivity contribution in [3.63, 3.8) is 0 Å². The van der Waals surface area contributed by atoms with E-state index in [0.717, 1.165) is 16.9 Å². The third-order valence-electron chi connectivity index (χ3n) is 5.21. The van der Waals surface area contributed by atoms with Crippen molar-refractivity contribution in [3.8, 4) is 11.8 Å². The number of nitriles is 1. The molecule has 0 atom stereocenters. The van der Waals surface area contributed by atoms with Crippen molar-refractivity contribution < 1.29 is 14.4 Å². The first-order valence-corrected chi connectivity index (χ1v) is 10.9. The predicted molar refractivity (Wildman–Crippen MR) is 126 cm³/mol. The zero-order valence-corrected chi connectivity index (χ0v) is 19.4. The Bertz CT molecular complexity index is 1160. The van der Waals surface area contributed by atoms with Gasteiger partial charge in [0.1, 0.15) is 17.4 Å². The Kier molecular flexibility index (Phi) is 7.53. The second-order valence-corrected chi connectivity index (χ2v) is 8.20. The molecule has 0 radical (unpaired) electrons. The van der Waals surface area contributed by atoms with E-state index in [-0.39, 0.29) is 5.91 Å². The van der Waals surface area contributed by atoms with E-state index in [1.165, 1.54) is 0 Å². The maximum Gasteiger partial charge on any atom is 0.274 e. The van der Waals surface area contributed by atoms with Crippen LogP contribution in [-0.4, -0.2) is 40.8 Å². The number of fused-ring (bicyclic) bond motifs is 1. The summed E-state index contributed by atoms with van der Waals surface area (Å²) in [6, 6.07) is 10.9. The number of hydroxylamine groups is 1. The van der Waals surface area contributed by atoms with Gasteiger partial charge in [0.05, 0.1) is 35.3 Å². The lowest BCUT2D eigenvalue weighted by Crippen LogP contribution is -2.38. The van der Waals surface area contributed by atoms with E-state index >= 15 is 0 Å². The summed E-state index contributed by atoms with van der Waals surface area (Å²) < 4.78 is 7.16. The van der Waals surface area contributed by atoms with Gasteiger partial charge in [-0.2, -0.15) is 10.4 Å². The van der Waals surface area contributed by atoms with Crippen LogP contribution < -0.4 is 21.3 Å². The highest BCUT2D eigenvalue weighted by atomic mass is 16.7. The maximum atomic E-state index is 12.6. The Hall–Kier alpha value is -3.61. The van der Waals surface area contributed by atoms with Crippen LogP contribution in [0.1, 0.15) is 48.0 Å². The third-order valence-corrected chi connectivity index (χ3v) is 5.21. The highest BCUT2D eigenvalue weighted by Gasteiger charge is 2.27. The van der Waals surface area contributed by atoms with Gasteiger partial charge in [-0.3, -0.25) is 9.63 Å². The molecule has 0 aliphatic heterocycles. The van der Waals surface area contributed by atoms with Gasteiger partial charge >= 0.3 is 0 Å². The number of hydrogen-bond donors (Lipinski definition) is 3. The summed E-state index contributed by atoms with van der Waals surface area (Å²) in [4.78, 5) is 18.4. The number of hydrogen-bond acceptors (Lipinski definition) is 7. The number of pyridine rings is 1. The molecule has 3 rings (SSSR count). The molecule has 9 nitrogen and oxygen atoms in total. The Labute approximate surface area is 193 Å². The van der Waals surface area contributed by atoms with Crippen LogP contribution in [0, 0.1) is 18.3 Å². The molecular formula is C24H30N6O3. The largest absolute Gasteiger partial charge is 0.494 e. The summed E-state index contributed by atoms with van der Waals surface area (Å²) in [5, 5.41) is 17.4. The number of rotatable bonds is 10. The van der Waals surface area contributed by atoms with Crippen LogP contribution in [0.2, 0.25) is 0 Å². The van der Waals surface area contributed by atoms with Crippen molar-refractivity contribution in [1.82, 2.24) is 15.1 Å². The van der Waals surface area contributed by atoms with E-state index in [4.69, 9.17) is 15.3 Å². The molecule has 174 valence electrons. The van der Waals surface area contributed by atoms with Crippen LogP contribution in [0.4, 0.5) is 5.69 Å². The fourth-order valence-corrected chi connectivity index (χ4v) is 3.62. The summed E-state index contributed by atoms with van der Waals surface area (Å²) in [6.45, 7) is 9.14. The van der Waals surface area contributed by atoms with Crippen molar-refractivity contribution in [2.45, 2.75) is 39.7 Å². The average Bonchev–Trinajstić information content (AvgIpc) is 3.28. The van der Waals surface area contributed by atoms with E-state index < -0.39 is 5.60 Å². The summed E-state index contributed by atoms with van der Waals surface area (Å²) >= 11 is 0. The van der Waals surface area contributed by atoms with E-state index in [9.17, 15) is 10.1 Å². The van der Waals surface area contributed by atoms with Gasteiger partial charge < -0.3 is 15.8 Å². The second-order valence-electron chi connectivity index (χ2n) is 8.20. The molecular weight excluding hydrogens is 420 g/mol. The fraction of sp³-hybridized carbons (Fsp3) is 0.375. The maximum absolute atomic E-state index is 12.6. The van der Waals surface area contributed by atoms with Crippen LogP contribution >= 0.6 is 0 Å². The average molecular weight is 451 g/mol. The van der Waals surface area contributed by atoms with Gasteiger partial charge in [0.25, 0.3) is 5.91 Å². The van der Waals surface area contributed by atoms with Gasteiger partial charge in [0.2, 0.25) is 0 Å². The van der Waals surface area contributed by atoms with Crippen molar-refractivity contribution in [3.05, 3.63) is 58.9 Å². The SMILES string of the molecule is CCOc1ccc(C(=O)NOC(C)(C)Cc2c(C)c(NCCN)c(C#N)c3ccnn23)cc1. The predicted octanol–water partition coefficient (Wildman–Crippen LogP) is 2.97. The van der Waals surface area contributed by atoms with E-state index in [0.29, 0.717) is 48.5 Å². The Morgan fingerprint density at radius 1 is 1.27 bits per heavy atom. The third kappa shape index (κ3) is 5.42. The molecule has 0 bridgehead atoms. The van der Waals surface area contributed by atoms with Crippen LogP contribution in [0.3, 0.4) is 0 Å². The minimum Gasteiger partial charge on any atom is -0.494 e. The number of carbonyl (C=O) groups excluding carboxylic acids is 1. The Balaban J connectivity index is 1.81. The molecule has 3 aromatic rings. The van der Waals surface area contributed by atoms with Gasteiger partial charge in [-0.25, -0.2) is 10.00 Å². The summed E-state index contributed by atoms with van der Waals surface area (Å²) in [7, 11) is 0. The molecule has 0 saturated carbocycles. The first-order chi connectivity index (χ1) is 15.8. The Morgan fingerprint density at radius 3 is 2.64 bits per heavy atom. The quantitative estimate of drug-likeness (QED) is 0.405. The molecule has 0 aliphatic rings. The number of carbonyl (C=O) groups is 1. The molecule has 2 heterocycles.